The van der Waals surface area contributed by atoms with Crippen molar-refractivity contribution in [1.29, 1.82) is 0 Å². The summed E-state index contributed by atoms with van der Waals surface area (Å²) in [6.07, 6.45) is 3.31. The minimum Gasteiger partial charge on any atom is -0.325 e. The summed E-state index contributed by atoms with van der Waals surface area (Å²) in [6.45, 7) is 1.60. The number of halogens is 1. The van der Waals surface area contributed by atoms with E-state index in [1.165, 1.54) is 6.42 Å². The number of hydrogen-bond donors (Lipinski definition) is 1. The van der Waals surface area contributed by atoms with Crippen LogP contribution in [0.4, 0.5) is 10.5 Å². The lowest BCUT2D eigenvalue weighted by atomic mass is 10.1. The molecule has 19 heavy (non-hydrogen) atoms. The average molecular weight is 297 g/mol. The third-order valence-electron chi connectivity index (χ3n) is 3.25. The number of hydrogen-bond acceptors (Lipinski definition) is 4. The van der Waals surface area contributed by atoms with Crippen LogP contribution in [0.5, 0.6) is 0 Å². The van der Waals surface area contributed by atoms with Crippen LogP contribution in [0.3, 0.4) is 0 Å². The Morgan fingerprint density at radius 3 is 2.84 bits per heavy atom. The van der Waals surface area contributed by atoms with Crippen LogP contribution in [0.2, 0.25) is 5.02 Å². The van der Waals surface area contributed by atoms with Crippen LogP contribution in [0, 0.1) is 0 Å². The lowest BCUT2D eigenvalue weighted by Crippen LogP contribution is -2.38. The molecule has 0 saturated carbocycles. The molecule has 2 aromatic rings. The summed E-state index contributed by atoms with van der Waals surface area (Å²) in [6, 6.07) is 3.43. The first-order valence-corrected chi connectivity index (χ1v) is 7.33. The lowest BCUT2D eigenvalue weighted by Gasteiger charge is -2.26. The van der Waals surface area contributed by atoms with Crippen molar-refractivity contribution in [3.63, 3.8) is 0 Å². The fourth-order valence-corrected chi connectivity index (χ4v) is 2.97. The first-order chi connectivity index (χ1) is 9.25. The zero-order valence-corrected chi connectivity index (χ0v) is 11.8. The molecule has 7 heteroatoms. The molecule has 0 aliphatic carbocycles. The van der Waals surface area contributed by atoms with Crippen molar-refractivity contribution in [2.24, 2.45) is 0 Å². The van der Waals surface area contributed by atoms with E-state index in [1.54, 1.807) is 12.1 Å². The van der Waals surface area contributed by atoms with Gasteiger partial charge in [-0.25, -0.2) is 4.79 Å². The number of piperidine rings is 1. The molecule has 0 radical (unpaired) electrons. The molecule has 2 heterocycles. The van der Waals surface area contributed by atoms with E-state index in [1.807, 2.05) is 4.90 Å². The SMILES string of the molecule is O=C(Nc1c(Cl)ccc2nsnc12)N1CCCCC1. The maximum absolute atomic E-state index is 12.2. The topological polar surface area (TPSA) is 58.1 Å². The van der Waals surface area contributed by atoms with Gasteiger partial charge in [0.2, 0.25) is 0 Å². The van der Waals surface area contributed by atoms with Gasteiger partial charge in [-0.3, -0.25) is 0 Å². The number of rotatable bonds is 1. The van der Waals surface area contributed by atoms with Gasteiger partial charge in [0.15, 0.2) is 0 Å². The van der Waals surface area contributed by atoms with Crippen molar-refractivity contribution >= 4 is 46.1 Å². The van der Waals surface area contributed by atoms with Gasteiger partial charge in [-0.2, -0.15) is 8.75 Å². The van der Waals surface area contributed by atoms with Crippen molar-refractivity contribution in [1.82, 2.24) is 13.6 Å². The first-order valence-electron chi connectivity index (χ1n) is 6.22. The molecule has 1 fully saturated rings. The Bertz CT molecular complexity index is 609. The maximum atomic E-state index is 12.2. The molecular weight excluding hydrogens is 284 g/mol. The summed E-state index contributed by atoms with van der Waals surface area (Å²) in [5, 5.41) is 3.36. The average Bonchev–Trinajstić information content (AvgIpc) is 2.91. The third-order valence-corrected chi connectivity index (χ3v) is 4.11. The molecule has 0 unspecified atom stereocenters. The van der Waals surface area contributed by atoms with Gasteiger partial charge in [0.05, 0.1) is 22.4 Å². The predicted molar refractivity (Wildman–Crippen MR) is 76.9 cm³/mol. The molecule has 0 spiro atoms. The molecule has 1 aromatic heterocycles. The van der Waals surface area contributed by atoms with Crippen LogP contribution in [0.15, 0.2) is 12.1 Å². The maximum Gasteiger partial charge on any atom is 0.321 e. The lowest BCUT2D eigenvalue weighted by molar-refractivity contribution is 0.200. The number of carbonyl (C=O) groups is 1. The fraction of sp³-hybridized carbons (Fsp3) is 0.417. The van der Waals surface area contributed by atoms with E-state index in [-0.39, 0.29) is 6.03 Å². The summed E-state index contributed by atoms with van der Waals surface area (Å²) in [5.74, 6) is 0. The molecule has 5 nitrogen and oxygen atoms in total. The van der Waals surface area contributed by atoms with Crippen LogP contribution in [0.25, 0.3) is 11.0 Å². The second-order valence-electron chi connectivity index (χ2n) is 4.53. The van der Waals surface area contributed by atoms with E-state index >= 15 is 0 Å². The Morgan fingerprint density at radius 2 is 2.05 bits per heavy atom. The van der Waals surface area contributed by atoms with E-state index in [0.717, 1.165) is 43.2 Å². The van der Waals surface area contributed by atoms with E-state index in [0.29, 0.717) is 16.2 Å². The molecule has 0 bridgehead atoms. The van der Waals surface area contributed by atoms with Gasteiger partial charge in [-0.1, -0.05) is 11.6 Å². The highest BCUT2D eigenvalue weighted by atomic mass is 35.5. The standard InChI is InChI=1S/C12H13ClN4OS/c13-8-4-5-9-11(16-19-15-9)10(8)14-12(18)17-6-2-1-3-7-17/h4-5H,1-3,6-7H2,(H,14,18). The summed E-state index contributed by atoms with van der Waals surface area (Å²) < 4.78 is 8.34. The van der Waals surface area contributed by atoms with Gasteiger partial charge < -0.3 is 10.2 Å². The molecule has 2 amide bonds. The first kappa shape index (κ1) is 12.6. The van der Waals surface area contributed by atoms with Crippen molar-refractivity contribution in [3.8, 4) is 0 Å². The summed E-state index contributed by atoms with van der Waals surface area (Å²) in [5.41, 5.74) is 1.97. The second-order valence-corrected chi connectivity index (χ2v) is 5.47. The Balaban J connectivity index is 1.86. The van der Waals surface area contributed by atoms with E-state index < -0.39 is 0 Å². The van der Waals surface area contributed by atoms with E-state index in [2.05, 4.69) is 14.1 Å². The van der Waals surface area contributed by atoms with E-state index in [9.17, 15) is 4.79 Å². The normalized spacial score (nSPS) is 15.7. The minimum absolute atomic E-state index is 0.109. The number of urea groups is 1. The predicted octanol–water partition coefficient (Wildman–Crippen LogP) is 3.36. The van der Waals surface area contributed by atoms with Crippen LogP contribution in [-0.4, -0.2) is 32.8 Å². The van der Waals surface area contributed by atoms with Crippen LogP contribution in [0.1, 0.15) is 19.3 Å². The molecule has 100 valence electrons. The smallest absolute Gasteiger partial charge is 0.321 e. The number of benzene rings is 1. The van der Waals surface area contributed by atoms with Gasteiger partial charge in [0.1, 0.15) is 11.0 Å². The number of fused-ring (bicyclic) bond motifs is 1. The number of nitrogens with zero attached hydrogens (tertiary/aromatic N) is 3. The van der Waals surface area contributed by atoms with Gasteiger partial charge in [0.25, 0.3) is 0 Å². The number of anilines is 1. The molecule has 3 rings (SSSR count). The Kier molecular flexibility index (Phi) is 3.52. The number of nitrogens with one attached hydrogen (secondary N) is 1. The highest BCUT2D eigenvalue weighted by Gasteiger charge is 2.19. The molecule has 1 saturated heterocycles. The van der Waals surface area contributed by atoms with E-state index in [4.69, 9.17) is 11.6 Å². The van der Waals surface area contributed by atoms with Crippen molar-refractivity contribution in [3.05, 3.63) is 17.2 Å². The van der Waals surface area contributed by atoms with Gasteiger partial charge in [0, 0.05) is 13.1 Å². The fourth-order valence-electron chi connectivity index (χ4n) is 2.23. The minimum atomic E-state index is -0.109. The Labute approximate surface area is 119 Å². The van der Waals surface area contributed by atoms with Gasteiger partial charge in [-0.05, 0) is 31.4 Å². The van der Waals surface area contributed by atoms with Crippen LogP contribution in [-0.2, 0) is 0 Å². The monoisotopic (exact) mass is 296 g/mol. The third kappa shape index (κ3) is 2.50. The largest absolute Gasteiger partial charge is 0.325 e. The van der Waals surface area contributed by atoms with Crippen molar-refractivity contribution in [2.75, 3.05) is 18.4 Å². The van der Waals surface area contributed by atoms with Gasteiger partial charge in [-0.15, -0.1) is 0 Å². The second kappa shape index (κ2) is 5.30. The summed E-state index contributed by atoms with van der Waals surface area (Å²) in [4.78, 5) is 14.0. The van der Waals surface area contributed by atoms with Crippen LogP contribution >= 0.6 is 23.3 Å². The highest BCUT2D eigenvalue weighted by molar-refractivity contribution is 7.00. The molecule has 1 N–H and O–H groups in total. The quantitative estimate of drug-likeness (QED) is 0.878. The Morgan fingerprint density at radius 1 is 1.26 bits per heavy atom. The van der Waals surface area contributed by atoms with Crippen LogP contribution < -0.4 is 5.32 Å². The number of carbonyl (C=O) groups excluding carboxylic acids is 1. The zero-order valence-electron chi connectivity index (χ0n) is 10.2. The molecule has 0 atom stereocenters. The number of likely N-dealkylation sites (tertiary alicyclic amines) is 1. The van der Waals surface area contributed by atoms with Crippen molar-refractivity contribution < 1.29 is 4.79 Å². The Hall–Kier alpha value is -1.40. The molecular formula is C12H13ClN4OS. The summed E-state index contributed by atoms with van der Waals surface area (Å²) >= 11 is 7.26. The molecule has 1 aliphatic heterocycles. The summed E-state index contributed by atoms with van der Waals surface area (Å²) in [7, 11) is 0. The highest BCUT2D eigenvalue weighted by Crippen LogP contribution is 2.30. The van der Waals surface area contributed by atoms with Crippen molar-refractivity contribution in [2.45, 2.75) is 19.3 Å². The number of aromatic nitrogens is 2. The molecule has 1 aliphatic rings. The van der Waals surface area contributed by atoms with Gasteiger partial charge >= 0.3 is 6.03 Å². The molecule has 1 aromatic carbocycles. The number of amides is 2. The zero-order chi connectivity index (χ0) is 13.2.